The minimum atomic E-state index is 0. The van der Waals surface area contributed by atoms with Crippen molar-refractivity contribution < 1.29 is 9.47 Å². The minimum absolute atomic E-state index is 0. The van der Waals surface area contributed by atoms with E-state index in [-0.39, 0.29) is 30.8 Å². The lowest BCUT2D eigenvalue weighted by molar-refractivity contribution is 0.174. The summed E-state index contributed by atoms with van der Waals surface area (Å²) in [6.45, 7) is 1.64. The Bertz CT molecular complexity index is 977. The van der Waals surface area contributed by atoms with Crippen molar-refractivity contribution >= 4 is 29.9 Å². The molecule has 0 radical (unpaired) electrons. The first-order chi connectivity index (χ1) is 13.7. The molecule has 0 unspecified atom stereocenters. The van der Waals surface area contributed by atoms with E-state index in [2.05, 4.69) is 37.4 Å². The van der Waals surface area contributed by atoms with Crippen molar-refractivity contribution in [2.45, 2.75) is 13.1 Å². The maximum Gasteiger partial charge on any atom is 0.231 e. The van der Waals surface area contributed by atoms with Crippen LogP contribution < -0.4 is 14.8 Å². The molecule has 1 aliphatic rings. The Morgan fingerprint density at radius 1 is 1.17 bits per heavy atom. The number of guanidine groups is 1. The lowest BCUT2D eigenvalue weighted by atomic mass is 10.2. The van der Waals surface area contributed by atoms with Gasteiger partial charge in [0.25, 0.3) is 0 Å². The third kappa shape index (κ3) is 4.97. The van der Waals surface area contributed by atoms with Crippen molar-refractivity contribution in [3.05, 3.63) is 66.2 Å². The van der Waals surface area contributed by atoms with Crippen LogP contribution >= 0.6 is 24.0 Å². The molecule has 0 aliphatic carbocycles. The molecule has 0 saturated heterocycles. The molecule has 8 nitrogen and oxygen atoms in total. The van der Waals surface area contributed by atoms with Gasteiger partial charge in [-0.25, -0.2) is 9.67 Å². The van der Waals surface area contributed by atoms with Crippen molar-refractivity contribution in [1.29, 1.82) is 0 Å². The number of nitrogens with zero attached hydrogens (tertiary/aromatic N) is 5. The highest BCUT2D eigenvalue weighted by Crippen LogP contribution is 2.32. The Labute approximate surface area is 186 Å². The topological polar surface area (TPSA) is 76.8 Å². The Morgan fingerprint density at radius 2 is 2.03 bits per heavy atom. The van der Waals surface area contributed by atoms with Crippen molar-refractivity contribution in [3.8, 4) is 17.2 Å². The number of halogens is 1. The van der Waals surface area contributed by atoms with Gasteiger partial charge in [-0.05, 0) is 35.4 Å². The molecule has 9 heteroatoms. The zero-order valence-electron chi connectivity index (χ0n) is 16.3. The lowest BCUT2D eigenvalue weighted by Gasteiger charge is -2.22. The molecule has 1 aliphatic heterocycles. The molecule has 152 valence electrons. The summed E-state index contributed by atoms with van der Waals surface area (Å²) >= 11 is 0. The lowest BCUT2D eigenvalue weighted by Crippen LogP contribution is -2.38. The number of aromatic nitrogens is 3. The number of hydrogen-bond acceptors (Lipinski definition) is 5. The van der Waals surface area contributed by atoms with Crippen LogP contribution in [-0.2, 0) is 13.1 Å². The quantitative estimate of drug-likeness (QED) is 0.326. The third-order valence-electron chi connectivity index (χ3n) is 4.47. The molecule has 4 rings (SSSR count). The van der Waals surface area contributed by atoms with Crippen LogP contribution in [0.4, 0.5) is 0 Å². The fourth-order valence-corrected chi connectivity index (χ4v) is 3.10. The third-order valence-corrected chi connectivity index (χ3v) is 4.47. The SMILES string of the molecule is CN=C(NCc1cccc(-n2cncn2)c1)N(C)Cc1ccc2c(c1)OCO2.I. The van der Waals surface area contributed by atoms with Crippen LogP contribution in [0.15, 0.2) is 60.1 Å². The van der Waals surface area contributed by atoms with E-state index >= 15 is 0 Å². The second kappa shape index (κ2) is 9.59. The zero-order valence-corrected chi connectivity index (χ0v) is 18.6. The highest BCUT2D eigenvalue weighted by Gasteiger charge is 2.14. The average Bonchev–Trinajstić information content (AvgIpc) is 3.40. The number of ether oxygens (including phenoxy) is 2. The van der Waals surface area contributed by atoms with Crippen LogP contribution in [-0.4, -0.2) is 46.5 Å². The van der Waals surface area contributed by atoms with Crippen LogP contribution in [0.5, 0.6) is 11.5 Å². The number of fused-ring (bicyclic) bond motifs is 1. The van der Waals surface area contributed by atoms with Crippen LogP contribution in [0.2, 0.25) is 0 Å². The van der Waals surface area contributed by atoms with Crippen molar-refractivity contribution in [1.82, 2.24) is 25.0 Å². The number of benzene rings is 2. The van der Waals surface area contributed by atoms with E-state index in [1.54, 1.807) is 18.1 Å². The van der Waals surface area contributed by atoms with Crippen molar-refractivity contribution in [2.24, 2.45) is 4.99 Å². The first kappa shape index (κ1) is 20.9. The zero-order chi connectivity index (χ0) is 19.3. The van der Waals surface area contributed by atoms with Gasteiger partial charge < -0.3 is 19.7 Å². The van der Waals surface area contributed by atoms with Gasteiger partial charge in [0, 0.05) is 27.2 Å². The number of aliphatic imine (C=N–C) groups is 1. The number of hydrogen-bond donors (Lipinski definition) is 1. The number of rotatable bonds is 5. The summed E-state index contributed by atoms with van der Waals surface area (Å²) in [5.41, 5.74) is 3.23. The first-order valence-corrected chi connectivity index (χ1v) is 8.97. The van der Waals surface area contributed by atoms with E-state index in [0.29, 0.717) is 13.1 Å². The minimum Gasteiger partial charge on any atom is -0.454 e. The standard InChI is InChI=1S/C20H22N6O2.HI/c1-21-20(25(2)11-16-6-7-18-19(9-16)28-14-27-18)23-10-15-4-3-5-17(8-15)26-13-22-12-24-26;/h3-9,12-13H,10-11,14H2,1-2H3,(H,21,23);1H. The second-order valence-corrected chi connectivity index (χ2v) is 6.45. The van der Waals surface area contributed by atoms with Crippen LogP contribution in [0, 0.1) is 0 Å². The maximum absolute atomic E-state index is 5.46. The molecule has 29 heavy (non-hydrogen) atoms. The molecular formula is C20H23IN6O2. The van der Waals surface area contributed by atoms with Gasteiger partial charge >= 0.3 is 0 Å². The summed E-state index contributed by atoms with van der Waals surface area (Å²) in [4.78, 5) is 10.5. The molecule has 0 atom stereocenters. The summed E-state index contributed by atoms with van der Waals surface area (Å²) in [5, 5.41) is 7.58. The van der Waals surface area contributed by atoms with Gasteiger partial charge in [-0.3, -0.25) is 4.99 Å². The van der Waals surface area contributed by atoms with Crippen molar-refractivity contribution in [2.75, 3.05) is 20.9 Å². The van der Waals surface area contributed by atoms with Gasteiger partial charge in [-0.15, -0.1) is 24.0 Å². The molecule has 0 amide bonds. The Hall–Kier alpha value is -2.82. The second-order valence-electron chi connectivity index (χ2n) is 6.45. The van der Waals surface area contributed by atoms with Crippen LogP contribution in [0.25, 0.3) is 5.69 Å². The molecule has 0 spiro atoms. The number of nitrogens with one attached hydrogen (secondary N) is 1. The summed E-state index contributed by atoms with van der Waals surface area (Å²) in [5.74, 6) is 2.39. The molecule has 0 bridgehead atoms. The molecular weight excluding hydrogens is 483 g/mol. The van der Waals surface area contributed by atoms with Crippen molar-refractivity contribution in [3.63, 3.8) is 0 Å². The van der Waals surface area contributed by atoms with Crippen LogP contribution in [0.1, 0.15) is 11.1 Å². The monoisotopic (exact) mass is 506 g/mol. The van der Waals surface area contributed by atoms with Gasteiger partial charge in [0.15, 0.2) is 17.5 Å². The Balaban J connectivity index is 0.00000240. The largest absolute Gasteiger partial charge is 0.454 e. The van der Waals surface area contributed by atoms with E-state index in [1.807, 2.05) is 37.4 Å². The van der Waals surface area contributed by atoms with E-state index in [1.165, 1.54) is 6.33 Å². The average molecular weight is 506 g/mol. The maximum atomic E-state index is 5.46. The van der Waals surface area contributed by atoms with Gasteiger partial charge in [0.2, 0.25) is 6.79 Å². The first-order valence-electron chi connectivity index (χ1n) is 8.97. The predicted octanol–water partition coefficient (Wildman–Crippen LogP) is 2.82. The van der Waals surface area contributed by atoms with E-state index in [4.69, 9.17) is 9.47 Å². The highest BCUT2D eigenvalue weighted by molar-refractivity contribution is 14.0. The predicted molar refractivity (Wildman–Crippen MR) is 121 cm³/mol. The highest BCUT2D eigenvalue weighted by atomic mass is 127. The Kier molecular flexibility index (Phi) is 6.91. The summed E-state index contributed by atoms with van der Waals surface area (Å²) in [7, 11) is 3.79. The molecule has 0 saturated carbocycles. The van der Waals surface area contributed by atoms with Gasteiger partial charge in [0.1, 0.15) is 12.7 Å². The van der Waals surface area contributed by atoms with E-state index < -0.39 is 0 Å². The van der Waals surface area contributed by atoms with Crippen LogP contribution in [0.3, 0.4) is 0 Å². The fourth-order valence-electron chi connectivity index (χ4n) is 3.10. The Morgan fingerprint density at radius 3 is 2.83 bits per heavy atom. The molecule has 2 heterocycles. The van der Waals surface area contributed by atoms with Gasteiger partial charge in [-0.1, -0.05) is 18.2 Å². The molecule has 2 aromatic carbocycles. The molecule has 3 aromatic rings. The molecule has 1 aromatic heterocycles. The van der Waals surface area contributed by atoms with Gasteiger partial charge in [-0.2, -0.15) is 5.10 Å². The van der Waals surface area contributed by atoms with Gasteiger partial charge in [0.05, 0.1) is 5.69 Å². The normalized spacial score (nSPS) is 12.4. The summed E-state index contributed by atoms with van der Waals surface area (Å²) in [6.07, 6.45) is 3.21. The molecule has 1 N–H and O–H groups in total. The van der Waals surface area contributed by atoms with E-state index in [0.717, 1.165) is 34.3 Å². The van der Waals surface area contributed by atoms with E-state index in [9.17, 15) is 0 Å². The smallest absolute Gasteiger partial charge is 0.231 e. The summed E-state index contributed by atoms with van der Waals surface area (Å²) < 4.78 is 12.6. The fraction of sp³-hybridized carbons (Fsp3) is 0.250. The summed E-state index contributed by atoms with van der Waals surface area (Å²) in [6, 6.07) is 14.1. The molecule has 0 fully saturated rings.